The van der Waals surface area contributed by atoms with Crippen molar-refractivity contribution in [2.45, 2.75) is 24.8 Å². The van der Waals surface area contributed by atoms with Crippen LogP contribution in [-0.2, 0) is 23.0 Å². The van der Waals surface area contributed by atoms with E-state index in [4.69, 9.17) is 5.11 Å². The maximum atomic E-state index is 12.1. The van der Waals surface area contributed by atoms with Crippen LogP contribution in [0.5, 0.6) is 0 Å². The van der Waals surface area contributed by atoms with Gasteiger partial charge in [0, 0.05) is 0 Å². The fourth-order valence-corrected chi connectivity index (χ4v) is 2.81. The molecule has 9 heteroatoms. The fourth-order valence-electron chi connectivity index (χ4n) is 1.79. The molecule has 1 aromatic heterocycles. The minimum Gasteiger partial charge on any atom is -0.478 e. The summed E-state index contributed by atoms with van der Waals surface area (Å²) in [5.41, 5.74) is 0.566. The monoisotopic (exact) mass is 310 g/mol. The van der Waals surface area contributed by atoms with Gasteiger partial charge in [-0.15, -0.1) is 0 Å². The van der Waals surface area contributed by atoms with Gasteiger partial charge in [0.05, 0.1) is 17.0 Å². The van der Waals surface area contributed by atoms with Gasteiger partial charge in [0.25, 0.3) is 0 Å². The van der Waals surface area contributed by atoms with Gasteiger partial charge in [-0.1, -0.05) is 13.0 Å². The highest BCUT2D eigenvalue weighted by Gasteiger charge is 2.18. The first kappa shape index (κ1) is 15.1. The molecule has 8 nitrogen and oxygen atoms in total. The Bertz CT molecular complexity index is 741. The van der Waals surface area contributed by atoms with Gasteiger partial charge in [-0.2, -0.15) is 5.10 Å². The molecule has 1 aromatic carbocycles. The zero-order chi connectivity index (χ0) is 15.5. The summed E-state index contributed by atoms with van der Waals surface area (Å²) >= 11 is 0. The van der Waals surface area contributed by atoms with Crippen LogP contribution in [0, 0.1) is 0 Å². The third kappa shape index (κ3) is 3.44. The van der Waals surface area contributed by atoms with Crippen molar-refractivity contribution in [1.82, 2.24) is 19.9 Å². The van der Waals surface area contributed by atoms with E-state index in [2.05, 4.69) is 19.9 Å². The molecule has 0 saturated carbocycles. The van der Waals surface area contributed by atoms with Crippen LogP contribution in [0.3, 0.4) is 0 Å². The number of hydrogen-bond acceptors (Lipinski definition) is 5. The Kier molecular flexibility index (Phi) is 4.34. The van der Waals surface area contributed by atoms with Gasteiger partial charge in [0.1, 0.15) is 12.2 Å². The van der Waals surface area contributed by atoms with Crippen LogP contribution in [0.1, 0.15) is 28.7 Å². The summed E-state index contributed by atoms with van der Waals surface area (Å²) in [6.45, 7) is 1.75. The second-order valence-electron chi connectivity index (χ2n) is 4.23. The molecule has 0 bridgehead atoms. The maximum absolute atomic E-state index is 12.1. The van der Waals surface area contributed by atoms with Crippen molar-refractivity contribution in [2.75, 3.05) is 0 Å². The number of aromatic nitrogens is 3. The van der Waals surface area contributed by atoms with E-state index in [-0.39, 0.29) is 17.0 Å². The third-order valence-corrected chi connectivity index (χ3v) is 4.30. The molecule has 0 amide bonds. The second-order valence-corrected chi connectivity index (χ2v) is 6.00. The molecule has 0 spiro atoms. The van der Waals surface area contributed by atoms with Gasteiger partial charge in [-0.05, 0) is 24.1 Å². The van der Waals surface area contributed by atoms with Crippen LogP contribution in [0.2, 0.25) is 0 Å². The summed E-state index contributed by atoms with van der Waals surface area (Å²) in [5, 5.41) is 15.3. The fraction of sp³-hybridized carbons (Fsp3) is 0.250. The highest BCUT2D eigenvalue weighted by molar-refractivity contribution is 7.89. The summed E-state index contributed by atoms with van der Waals surface area (Å²) in [6, 6.07) is 4.05. The summed E-state index contributed by atoms with van der Waals surface area (Å²) in [5.74, 6) is -0.790. The van der Waals surface area contributed by atoms with Crippen LogP contribution < -0.4 is 4.72 Å². The van der Waals surface area contributed by atoms with Crippen LogP contribution in [0.15, 0.2) is 29.4 Å². The number of rotatable bonds is 6. The lowest BCUT2D eigenvalue weighted by atomic mass is 10.1. The number of benzene rings is 1. The highest BCUT2D eigenvalue weighted by atomic mass is 32.2. The number of hydrogen-bond donors (Lipinski definition) is 3. The molecule has 0 saturated heterocycles. The molecule has 1 heterocycles. The summed E-state index contributed by atoms with van der Waals surface area (Å²) in [7, 11) is -3.82. The Morgan fingerprint density at radius 2 is 2.19 bits per heavy atom. The Morgan fingerprint density at radius 1 is 1.43 bits per heavy atom. The van der Waals surface area contributed by atoms with Gasteiger partial charge in [-0.25, -0.2) is 22.9 Å². The number of aryl methyl sites for hydroxylation is 1. The topological polar surface area (TPSA) is 125 Å². The lowest BCUT2D eigenvalue weighted by Gasteiger charge is -2.09. The van der Waals surface area contributed by atoms with Crippen LogP contribution in [-0.4, -0.2) is 34.7 Å². The average Bonchev–Trinajstić information content (AvgIpc) is 2.97. The van der Waals surface area contributed by atoms with E-state index < -0.39 is 16.0 Å². The molecule has 0 aliphatic carbocycles. The molecular weight excluding hydrogens is 296 g/mol. The maximum Gasteiger partial charge on any atom is 0.336 e. The number of nitrogens with one attached hydrogen (secondary N) is 2. The molecule has 0 unspecified atom stereocenters. The molecule has 0 radical (unpaired) electrons. The molecule has 0 aliphatic rings. The number of aromatic amines is 1. The first-order chi connectivity index (χ1) is 9.94. The van der Waals surface area contributed by atoms with E-state index in [9.17, 15) is 13.2 Å². The van der Waals surface area contributed by atoms with Gasteiger partial charge in [0.2, 0.25) is 10.0 Å². The van der Waals surface area contributed by atoms with Crippen molar-refractivity contribution in [3.05, 3.63) is 41.5 Å². The Balaban J connectivity index is 2.27. The minimum atomic E-state index is -3.82. The van der Waals surface area contributed by atoms with E-state index >= 15 is 0 Å². The van der Waals surface area contributed by atoms with Crippen molar-refractivity contribution in [3.63, 3.8) is 0 Å². The molecule has 2 rings (SSSR count). The summed E-state index contributed by atoms with van der Waals surface area (Å²) in [6.07, 6.45) is 1.77. The van der Waals surface area contributed by atoms with Crippen molar-refractivity contribution in [2.24, 2.45) is 0 Å². The van der Waals surface area contributed by atoms with E-state index in [0.717, 1.165) is 6.07 Å². The van der Waals surface area contributed by atoms with Gasteiger partial charge in [0.15, 0.2) is 0 Å². The van der Waals surface area contributed by atoms with Crippen LogP contribution in [0.25, 0.3) is 0 Å². The number of sulfonamides is 1. The van der Waals surface area contributed by atoms with E-state index in [1.165, 1.54) is 18.5 Å². The predicted octanol–water partition coefficient (Wildman–Crippen LogP) is 0.544. The number of carboxylic acids is 1. The molecule has 0 aliphatic heterocycles. The van der Waals surface area contributed by atoms with Crippen molar-refractivity contribution < 1.29 is 18.3 Å². The number of nitrogens with zero attached hydrogens (tertiary/aromatic N) is 2. The molecule has 2 aromatic rings. The van der Waals surface area contributed by atoms with Crippen LogP contribution >= 0.6 is 0 Å². The van der Waals surface area contributed by atoms with Gasteiger partial charge < -0.3 is 5.11 Å². The smallest absolute Gasteiger partial charge is 0.336 e. The standard InChI is InChI=1S/C12H14N4O4S/c1-2-8-3-4-9(5-10(8)12(17)18)21(19,20)15-6-11-13-7-14-16-11/h3-5,7,15H,2,6H2,1H3,(H,17,18)(H,13,14,16). The lowest BCUT2D eigenvalue weighted by Crippen LogP contribution is -2.24. The average molecular weight is 310 g/mol. The zero-order valence-corrected chi connectivity index (χ0v) is 12.0. The molecule has 0 fully saturated rings. The van der Waals surface area contributed by atoms with Crippen molar-refractivity contribution in [1.29, 1.82) is 0 Å². The Hall–Kier alpha value is -2.26. The lowest BCUT2D eigenvalue weighted by molar-refractivity contribution is 0.0695. The van der Waals surface area contributed by atoms with E-state index in [1.54, 1.807) is 6.92 Å². The van der Waals surface area contributed by atoms with E-state index in [0.29, 0.717) is 17.8 Å². The number of aromatic carboxylic acids is 1. The largest absolute Gasteiger partial charge is 0.478 e. The number of carbonyl (C=O) groups is 1. The molecule has 0 atom stereocenters. The first-order valence-electron chi connectivity index (χ1n) is 6.14. The van der Waals surface area contributed by atoms with Gasteiger partial charge in [-0.3, -0.25) is 5.10 Å². The number of carboxylic acid groups (broad SMARTS) is 1. The third-order valence-electron chi connectivity index (χ3n) is 2.90. The highest BCUT2D eigenvalue weighted by Crippen LogP contribution is 2.17. The predicted molar refractivity (Wildman–Crippen MR) is 73.2 cm³/mol. The molecular formula is C12H14N4O4S. The Labute approximate surface area is 121 Å². The van der Waals surface area contributed by atoms with Crippen molar-refractivity contribution >= 4 is 16.0 Å². The second kappa shape index (κ2) is 6.02. The van der Waals surface area contributed by atoms with Crippen LogP contribution in [0.4, 0.5) is 0 Å². The Morgan fingerprint density at radius 3 is 2.76 bits per heavy atom. The summed E-state index contributed by atoms with van der Waals surface area (Å²) in [4.78, 5) is 14.9. The first-order valence-corrected chi connectivity index (χ1v) is 7.62. The number of H-pyrrole nitrogens is 1. The molecule has 21 heavy (non-hydrogen) atoms. The van der Waals surface area contributed by atoms with Gasteiger partial charge >= 0.3 is 5.97 Å². The molecule has 112 valence electrons. The minimum absolute atomic E-state index is 0.0139. The SMILES string of the molecule is CCc1ccc(S(=O)(=O)NCc2ncn[nH]2)cc1C(=O)O. The quantitative estimate of drug-likeness (QED) is 0.715. The summed E-state index contributed by atoms with van der Waals surface area (Å²) < 4.78 is 26.6. The van der Waals surface area contributed by atoms with E-state index in [1.807, 2.05) is 0 Å². The zero-order valence-electron chi connectivity index (χ0n) is 11.2. The molecule has 3 N–H and O–H groups in total. The normalized spacial score (nSPS) is 11.5. The van der Waals surface area contributed by atoms with Crippen molar-refractivity contribution in [3.8, 4) is 0 Å².